The minimum absolute atomic E-state index is 0.0851. The number of nitrogens with zero attached hydrogens (tertiary/aromatic N) is 1. The molecule has 1 saturated heterocycles. The third-order valence-corrected chi connectivity index (χ3v) is 7.47. The molecule has 1 aliphatic rings. The second-order valence-electron chi connectivity index (χ2n) is 8.05. The second kappa shape index (κ2) is 11.4. The van der Waals surface area contributed by atoms with Crippen LogP contribution in [0.2, 0.25) is 0 Å². The highest BCUT2D eigenvalue weighted by molar-refractivity contribution is 7.88. The van der Waals surface area contributed by atoms with E-state index in [0.717, 1.165) is 18.6 Å². The van der Waals surface area contributed by atoms with E-state index in [1.165, 1.54) is 28.1 Å². The molecule has 8 heteroatoms. The Morgan fingerprint density at radius 1 is 1.12 bits per heavy atom. The molecule has 1 heterocycles. The number of carbonyl (C=O) groups excluding carboxylic acids is 1. The molecule has 1 fully saturated rings. The van der Waals surface area contributed by atoms with Gasteiger partial charge in [-0.3, -0.25) is 4.79 Å². The van der Waals surface area contributed by atoms with Crippen LogP contribution in [0.25, 0.3) is 0 Å². The lowest BCUT2D eigenvalue weighted by atomic mass is 9.97. The third kappa shape index (κ3) is 6.77. The fourth-order valence-corrected chi connectivity index (χ4v) is 5.40. The first kappa shape index (κ1) is 24.2. The average molecular weight is 463 g/mol. The van der Waals surface area contributed by atoms with Gasteiger partial charge in [0.1, 0.15) is 18.2 Å². The normalized spacial score (nSPS) is 15.4. The zero-order valence-electron chi connectivity index (χ0n) is 18.4. The fourth-order valence-electron chi connectivity index (χ4n) is 3.83. The summed E-state index contributed by atoms with van der Waals surface area (Å²) in [6.07, 6.45) is 3.03. The molecule has 0 saturated carbocycles. The summed E-state index contributed by atoms with van der Waals surface area (Å²) in [4.78, 5) is 12.4. The van der Waals surface area contributed by atoms with E-state index in [1.54, 1.807) is 6.07 Å². The van der Waals surface area contributed by atoms with Gasteiger partial charge in [-0.05, 0) is 43.0 Å². The van der Waals surface area contributed by atoms with Crippen molar-refractivity contribution in [2.24, 2.45) is 5.92 Å². The van der Waals surface area contributed by atoms with Crippen LogP contribution in [0.5, 0.6) is 5.75 Å². The lowest BCUT2D eigenvalue weighted by Crippen LogP contribution is -2.44. The number of carbonyl (C=O) groups is 1. The van der Waals surface area contributed by atoms with Crippen LogP contribution in [0, 0.1) is 11.7 Å². The summed E-state index contributed by atoms with van der Waals surface area (Å²) in [5.41, 5.74) is 1.43. The van der Waals surface area contributed by atoms with E-state index in [-0.39, 0.29) is 36.2 Å². The second-order valence-corrected chi connectivity index (χ2v) is 10.0. The van der Waals surface area contributed by atoms with E-state index in [2.05, 4.69) is 12.2 Å². The van der Waals surface area contributed by atoms with E-state index >= 15 is 0 Å². The van der Waals surface area contributed by atoms with Crippen LogP contribution in [0.4, 0.5) is 4.39 Å². The van der Waals surface area contributed by atoms with Crippen molar-refractivity contribution in [3.8, 4) is 5.75 Å². The largest absolute Gasteiger partial charge is 0.492 e. The van der Waals surface area contributed by atoms with Crippen LogP contribution in [-0.4, -0.2) is 44.9 Å². The predicted molar refractivity (Wildman–Crippen MR) is 122 cm³/mol. The van der Waals surface area contributed by atoms with E-state index in [4.69, 9.17) is 4.74 Å². The zero-order chi connectivity index (χ0) is 23.0. The standard InChI is InChI=1S/C24H31FN2O4S/c1-2-5-19-8-10-22(11-9-19)31-17-14-26-24(28)20-12-15-27(16-13-20)32(29,30)18-21-6-3-4-7-23(21)25/h3-4,6-11,20H,2,5,12-18H2,1H3,(H,26,28). The number of hydrogen-bond acceptors (Lipinski definition) is 4. The molecule has 0 unspecified atom stereocenters. The smallest absolute Gasteiger partial charge is 0.223 e. The molecule has 0 bridgehead atoms. The first-order chi connectivity index (χ1) is 15.4. The molecule has 0 atom stereocenters. The van der Waals surface area contributed by atoms with Crippen LogP contribution >= 0.6 is 0 Å². The van der Waals surface area contributed by atoms with Gasteiger partial charge in [0.15, 0.2) is 0 Å². The van der Waals surface area contributed by atoms with Crippen molar-refractivity contribution in [3.63, 3.8) is 0 Å². The molecule has 1 aliphatic heterocycles. The highest BCUT2D eigenvalue weighted by Gasteiger charge is 2.31. The Morgan fingerprint density at radius 3 is 2.47 bits per heavy atom. The molecule has 32 heavy (non-hydrogen) atoms. The van der Waals surface area contributed by atoms with Gasteiger partial charge in [-0.2, -0.15) is 0 Å². The number of halogens is 1. The van der Waals surface area contributed by atoms with Crippen LogP contribution in [0.3, 0.4) is 0 Å². The molecule has 1 N–H and O–H groups in total. The minimum Gasteiger partial charge on any atom is -0.492 e. The summed E-state index contributed by atoms with van der Waals surface area (Å²) in [6.45, 7) is 3.42. The Labute approximate surface area is 189 Å². The summed E-state index contributed by atoms with van der Waals surface area (Å²) in [5.74, 6) is -0.439. The first-order valence-electron chi connectivity index (χ1n) is 11.1. The van der Waals surface area contributed by atoms with Crippen molar-refractivity contribution >= 4 is 15.9 Å². The molecule has 3 rings (SSSR count). The maximum absolute atomic E-state index is 13.8. The van der Waals surface area contributed by atoms with Crippen molar-refractivity contribution in [2.45, 2.75) is 38.4 Å². The molecule has 0 aromatic heterocycles. The fraction of sp³-hybridized carbons (Fsp3) is 0.458. The number of ether oxygens (including phenoxy) is 1. The lowest BCUT2D eigenvalue weighted by Gasteiger charge is -2.30. The molecule has 6 nitrogen and oxygen atoms in total. The van der Waals surface area contributed by atoms with Gasteiger partial charge in [0.25, 0.3) is 0 Å². The Balaban J connectivity index is 1.39. The number of benzene rings is 2. The van der Waals surface area contributed by atoms with Gasteiger partial charge in [0.2, 0.25) is 15.9 Å². The summed E-state index contributed by atoms with van der Waals surface area (Å²) in [5, 5.41) is 2.87. The Hall–Kier alpha value is -2.45. The number of rotatable bonds is 10. The highest BCUT2D eigenvalue weighted by Crippen LogP contribution is 2.22. The molecular formula is C24H31FN2O4S. The number of amides is 1. The third-order valence-electron chi connectivity index (χ3n) is 5.65. The lowest BCUT2D eigenvalue weighted by molar-refractivity contribution is -0.126. The van der Waals surface area contributed by atoms with Crippen molar-refractivity contribution in [2.75, 3.05) is 26.2 Å². The summed E-state index contributed by atoms with van der Waals surface area (Å²) in [6, 6.07) is 13.9. The maximum atomic E-state index is 13.8. The Bertz CT molecular complexity index is 987. The van der Waals surface area contributed by atoms with E-state index in [1.807, 2.05) is 24.3 Å². The average Bonchev–Trinajstić information content (AvgIpc) is 2.79. The zero-order valence-corrected chi connectivity index (χ0v) is 19.2. The molecule has 0 spiro atoms. The molecular weight excluding hydrogens is 431 g/mol. The van der Waals surface area contributed by atoms with Crippen molar-refractivity contribution in [1.82, 2.24) is 9.62 Å². The highest BCUT2D eigenvalue weighted by atomic mass is 32.2. The SMILES string of the molecule is CCCc1ccc(OCCNC(=O)C2CCN(S(=O)(=O)Cc3ccccc3F)CC2)cc1. The summed E-state index contributed by atoms with van der Waals surface area (Å²) < 4.78 is 46.1. The van der Waals surface area contributed by atoms with Gasteiger partial charge in [-0.25, -0.2) is 17.1 Å². The summed E-state index contributed by atoms with van der Waals surface area (Å²) >= 11 is 0. The first-order valence-corrected chi connectivity index (χ1v) is 12.7. The van der Waals surface area contributed by atoms with Gasteiger partial charge in [0, 0.05) is 24.6 Å². The molecule has 0 aliphatic carbocycles. The van der Waals surface area contributed by atoms with Gasteiger partial charge in [-0.15, -0.1) is 0 Å². The summed E-state index contributed by atoms with van der Waals surface area (Å²) in [7, 11) is -3.62. The molecule has 174 valence electrons. The Kier molecular flexibility index (Phi) is 8.64. The molecule has 1 amide bonds. The van der Waals surface area contributed by atoms with Gasteiger partial charge >= 0.3 is 0 Å². The van der Waals surface area contributed by atoms with Crippen LogP contribution < -0.4 is 10.1 Å². The monoisotopic (exact) mass is 462 g/mol. The number of piperidine rings is 1. The number of aryl methyl sites for hydroxylation is 1. The quantitative estimate of drug-likeness (QED) is 0.548. The van der Waals surface area contributed by atoms with Gasteiger partial charge in [-0.1, -0.05) is 43.7 Å². The Morgan fingerprint density at radius 2 is 1.81 bits per heavy atom. The minimum atomic E-state index is -3.62. The molecule has 2 aromatic carbocycles. The van der Waals surface area contributed by atoms with E-state index in [9.17, 15) is 17.6 Å². The van der Waals surface area contributed by atoms with Crippen LogP contribution in [0.1, 0.15) is 37.3 Å². The number of hydrogen-bond donors (Lipinski definition) is 1. The van der Waals surface area contributed by atoms with Crippen molar-refractivity contribution < 1.29 is 22.3 Å². The van der Waals surface area contributed by atoms with Crippen molar-refractivity contribution in [1.29, 1.82) is 0 Å². The van der Waals surface area contributed by atoms with Gasteiger partial charge in [0.05, 0.1) is 12.3 Å². The van der Waals surface area contributed by atoms with Crippen molar-refractivity contribution in [3.05, 3.63) is 65.5 Å². The maximum Gasteiger partial charge on any atom is 0.223 e. The van der Waals surface area contributed by atoms with Gasteiger partial charge < -0.3 is 10.1 Å². The number of sulfonamides is 1. The number of nitrogens with one attached hydrogen (secondary N) is 1. The molecule has 2 aromatic rings. The van der Waals surface area contributed by atoms with Crippen LogP contribution in [-0.2, 0) is 27.0 Å². The van der Waals surface area contributed by atoms with E-state index in [0.29, 0.717) is 26.0 Å². The predicted octanol–water partition coefficient (Wildman–Crippen LogP) is 3.52. The van der Waals surface area contributed by atoms with E-state index < -0.39 is 15.8 Å². The van der Waals surface area contributed by atoms with Crippen LogP contribution in [0.15, 0.2) is 48.5 Å². The topological polar surface area (TPSA) is 75.7 Å². The molecule has 0 radical (unpaired) electrons.